The quantitative estimate of drug-likeness (QED) is 0.745. The second-order valence-electron chi connectivity index (χ2n) is 6.44. The summed E-state index contributed by atoms with van der Waals surface area (Å²) in [5.41, 5.74) is 2.88. The number of aromatic nitrogens is 2. The zero-order chi connectivity index (χ0) is 18.1. The minimum Gasteiger partial charge on any atom is -0.365 e. The Morgan fingerprint density at radius 3 is 2.96 bits per heavy atom. The molecule has 3 aromatic rings. The first-order chi connectivity index (χ1) is 12.6. The van der Waals surface area contributed by atoms with Gasteiger partial charge in [-0.15, -0.1) is 0 Å². The summed E-state index contributed by atoms with van der Waals surface area (Å²) in [5.74, 6) is -0.240. The first-order valence-electron chi connectivity index (χ1n) is 8.64. The molecule has 1 aromatic carbocycles. The second kappa shape index (κ2) is 6.97. The van der Waals surface area contributed by atoms with E-state index in [1.807, 2.05) is 28.8 Å². The third kappa shape index (κ3) is 3.13. The van der Waals surface area contributed by atoms with Crippen LogP contribution in [0, 0.1) is 0 Å². The highest BCUT2D eigenvalue weighted by Gasteiger charge is 2.20. The topological polar surface area (TPSA) is 61.7 Å². The highest BCUT2D eigenvalue weighted by atomic mass is 35.5. The summed E-state index contributed by atoms with van der Waals surface area (Å²) < 4.78 is 1.83. The van der Waals surface area contributed by atoms with Gasteiger partial charge in [-0.3, -0.25) is 9.20 Å². The number of benzene rings is 1. The fourth-order valence-corrected chi connectivity index (χ4v) is 3.46. The molecule has 1 amide bonds. The lowest BCUT2D eigenvalue weighted by atomic mass is 10.2. The van der Waals surface area contributed by atoms with Crippen molar-refractivity contribution in [1.29, 1.82) is 0 Å². The number of rotatable bonds is 3. The molecule has 7 heteroatoms. The van der Waals surface area contributed by atoms with Crippen LogP contribution in [0.2, 0.25) is 5.02 Å². The first-order valence-corrected chi connectivity index (χ1v) is 9.01. The van der Waals surface area contributed by atoms with E-state index in [1.165, 1.54) is 0 Å². The van der Waals surface area contributed by atoms with E-state index < -0.39 is 0 Å². The van der Waals surface area contributed by atoms with E-state index in [0.29, 0.717) is 22.4 Å². The van der Waals surface area contributed by atoms with E-state index in [9.17, 15) is 4.79 Å². The minimum atomic E-state index is -0.240. The number of carbonyl (C=O) groups is 1. The van der Waals surface area contributed by atoms with Gasteiger partial charge in [-0.25, -0.2) is 4.98 Å². The Morgan fingerprint density at radius 1 is 1.31 bits per heavy atom. The lowest BCUT2D eigenvalue weighted by Crippen LogP contribution is -2.50. The van der Waals surface area contributed by atoms with Gasteiger partial charge in [0.15, 0.2) is 0 Å². The van der Waals surface area contributed by atoms with Crippen molar-refractivity contribution in [2.45, 2.75) is 13.0 Å². The summed E-state index contributed by atoms with van der Waals surface area (Å²) in [7, 11) is 0. The number of carbonyl (C=O) groups excluding carboxylic acids is 1. The lowest BCUT2D eigenvalue weighted by molar-refractivity contribution is 0.102. The molecule has 26 heavy (non-hydrogen) atoms. The van der Waals surface area contributed by atoms with Gasteiger partial charge in [0, 0.05) is 31.9 Å². The molecule has 0 spiro atoms. The smallest absolute Gasteiger partial charge is 0.274 e. The monoisotopic (exact) mass is 369 g/mol. The summed E-state index contributed by atoms with van der Waals surface area (Å²) in [4.78, 5) is 19.4. The highest BCUT2D eigenvalue weighted by molar-refractivity contribution is 6.33. The van der Waals surface area contributed by atoms with Crippen molar-refractivity contribution in [3.05, 3.63) is 59.5 Å². The van der Waals surface area contributed by atoms with Crippen LogP contribution in [0.1, 0.15) is 17.4 Å². The molecular weight excluding hydrogens is 350 g/mol. The van der Waals surface area contributed by atoms with Crippen molar-refractivity contribution < 1.29 is 4.79 Å². The Balaban J connectivity index is 1.66. The number of amides is 1. The van der Waals surface area contributed by atoms with Crippen molar-refractivity contribution >= 4 is 34.5 Å². The molecule has 1 aliphatic rings. The molecule has 0 bridgehead atoms. The van der Waals surface area contributed by atoms with E-state index >= 15 is 0 Å². The van der Waals surface area contributed by atoms with E-state index in [0.717, 1.165) is 31.0 Å². The molecule has 6 nitrogen and oxygen atoms in total. The Morgan fingerprint density at radius 2 is 2.15 bits per heavy atom. The maximum atomic E-state index is 12.7. The van der Waals surface area contributed by atoms with Crippen LogP contribution >= 0.6 is 11.6 Å². The normalized spacial score (nSPS) is 17.5. The number of fused-ring (bicyclic) bond motifs is 1. The van der Waals surface area contributed by atoms with Gasteiger partial charge in [0.25, 0.3) is 5.91 Å². The van der Waals surface area contributed by atoms with E-state index in [2.05, 4.69) is 33.5 Å². The molecule has 0 saturated carbocycles. The Kier molecular flexibility index (Phi) is 4.53. The van der Waals surface area contributed by atoms with Crippen LogP contribution in [0.4, 0.5) is 11.4 Å². The summed E-state index contributed by atoms with van der Waals surface area (Å²) in [6, 6.07) is 11.6. The van der Waals surface area contributed by atoms with Gasteiger partial charge in [0.05, 0.1) is 22.6 Å². The van der Waals surface area contributed by atoms with E-state index in [1.54, 1.807) is 18.3 Å². The van der Waals surface area contributed by atoms with Crippen molar-refractivity contribution in [1.82, 2.24) is 14.7 Å². The molecule has 1 saturated heterocycles. The summed E-state index contributed by atoms with van der Waals surface area (Å²) in [6.07, 6.45) is 3.57. The number of pyridine rings is 1. The van der Waals surface area contributed by atoms with Gasteiger partial charge < -0.3 is 15.5 Å². The fourth-order valence-electron chi connectivity index (χ4n) is 3.28. The van der Waals surface area contributed by atoms with Crippen molar-refractivity contribution in [2.24, 2.45) is 0 Å². The largest absolute Gasteiger partial charge is 0.365 e. The zero-order valence-corrected chi connectivity index (χ0v) is 15.2. The van der Waals surface area contributed by atoms with Crippen LogP contribution in [0.25, 0.3) is 5.65 Å². The first kappa shape index (κ1) is 16.9. The summed E-state index contributed by atoms with van der Waals surface area (Å²) >= 11 is 6.14. The molecule has 2 aromatic heterocycles. The molecule has 4 rings (SSSR count). The minimum absolute atomic E-state index is 0.240. The van der Waals surface area contributed by atoms with Gasteiger partial charge in [-0.05, 0) is 31.2 Å². The van der Waals surface area contributed by atoms with Gasteiger partial charge >= 0.3 is 0 Å². The third-order valence-corrected chi connectivity index (χ3v) is 5.01. The van der Waals surface area contributed by atoms with Crippen molar-refractivity contribution in [3.8, 4) is 0 Å². The average molecular weight is 370 g/mol. The van der Waals surface area contributed by atoms with Gasteiger partial charge in [0.1, 0.15) is 11.3 Å². The van der Waals surface area contributed by atoms with Crippen molar-refractivity contribution in [2.75, 3.05) is 29.9 Å². The number of anilines is 2. The molecule has 134 valence electrons. The molecule has 2 N–H and O–H groups in total. The SMILES string of the molecule is C[C@H]1CNCCN1c1ccc2ncc(C(=O)Nc3ccccc3Cl)n2c1. The number of imidazole rings is 1. The number of nitrogens with one attached hydrogen (secondary N) is 2. The van der Waals surface area contributed by atoms with Crippen LogP contribution in [-0.4, -0.2) is 41.0 Å². The summed E-state index contributed by atoms with van der Waals surface area (Å²) in [6.45, 7) is 5.02. The summed E-state index contributed by atoms with van der Waals surface area (Å²) in [5, 5.41) is 6.75. The predicted molar refractivity (Wildman–Crippen MR) is 104 cm³/mol. The number of nitrogens with zero attached hydrogens (tertiary/aromatic N) is 3. The Labute approximate surface area is 156 Å². The van der Waals surface area contributed by atoms with Gasteiger partial charge in [0.2, 0.25) is 0 Å². The molecule has 1 fully saturated rings. The van der Waals surface area contributed by atoms with Crippen molar-refractivity contribution in [3.63, 3.8) is 0 Å². The number of para-hydroxylation sites is 1. The van der Waals surface area contributed by atoms with Crippen LogP contribution in [0.5, 0.6) is 0 Å². The average Bonchev–Trinajstić information content (AvgIpc) is 3.07. The number of halogens is 1. The molecule has 1 atom stereocenters. The fraction of sp³-hybridized carbons (Fsp3) is 0.263. The molecular formula is C19H20ClN5O. The Hall–Kier alpha value is -2.57. The van der Waals surface area contributed by atoms with Crippen LogP contribution in [0.3, 0.4) is 0 Å². The van der Waals surface area contributed by atoms with Crippen LogP contribution < -0.4 is 15.5 Å². The number of hydrogen-bond donors (Lipinski definition) is 2. The van der Waals surface area contributed by atoms with Crippen LogP contribution in [0.15, 0.2) is 48.8 Å². The second-order valence-corrected chi connectivity index (χ2v) is 6.85. The molecule has 1 aliphatic heterocycles. The highest BCUT2D eigenvalue weighted by Crippen LogP contribution is 2.23. The van der Waals surface area contributed by atoms with E-state index in [-0.39, 0.29) is 5.91 Å². The van der Waals surface area contributed by atoms with Gasteiger partial charge in [-0.2, -0.15) is 0 Å². The third-order valence-electron chi connectivity index (χ3n) is 4.68. The van der Waals surface area contributed by atoms with Gasteiger partial charge in [-0.1, -0.05) is 23.7 Å². The molecule has 0 unspecified atom stereocenters. The van der Waals surface area contributed by atoms with E-state index in [4.69, 9.17) is 11.6 Å². The lowest BCUT2D eigenvalue weighted by Gasteiger charge is -2.35. The van der Waals surface area contributed by atoms with Crippen LogP contribution in [-0.2, 0) is 0 Å². The Bertz CT molecular complexity index is 954. The maximum absolute atomic E-state index is 12.7. The standard InChI is InChI=1S/C19H20ClN5O/c1-13-10-21-8-9-24(13)14-6-7-18-22-11-17(25(18)12-14)19(26)23-16-5-3-2-4-15(16)20/h2-7,11-13,21H,8-10H2,1H3,(H,23,26)/t13-/m0/s1. The number of piperazine rings is 1. The molecule has 3 heterocycles. The predicted octanol–water partition coefficient (Wildman–Crippen LogP) is 3.04. The molecule has 0 radical (unpaired) electrons. The number of hydrogen-bond acceptors (Lipinski definition) is 4. The molecule has 0 aliphatic carbocycles. The maximum Gasteiger partial charge on any atom is 0.274 e. The zero-order valence-electron chi connectivity index (χ0n) is 14.4.